The molecule has 2 aromatic carbocycles. The fourth-order valence-electron chi connectivity index (χ4n) is 2.34. The second-order valence-corrected chi connectivity index (χ2v) is 6.05. The Hall–Kier alpha value is -2.73. The van der Waals surface area contributed by atoms with Gasteiger partial charge in [0.15, 0.2) is 5.82 Å². The first-order chi connectivity index (χ1) is 12.2. The highest BCUT2D eigenvalue weighted by Gasteiger charge is 2.08. The molecule has 3 rings (SSSR count). The first-order valence-electron chi connectivity index (χ1n) is 8.19. The van der Waals surface area contributed by atoms with Crippen LogP contribution < -0.4 is 4.74 Å². The van der Waals surface area contributed by atoms with Gasteiger partial charge in [-0.05, 0) is 37.7 Å². The molecule has 128 valence electrons. The molecule has 1 aromatic heterocycles. The molecule has 0 aliphatic heterocycles. The fourth-order valence-corrected chi connectivity index (χ4v) is 2.52. The van der Waals surface area contributed by atoms with Crippen LogP contribution in [0.25, 0.3) is 11.4 Å². The van der Waals surface area contributed by atoms with Gasteiger partial charge < -0.3 is 4.74 Å². The molecule has 0 saturated carbocycles. The van der Waals surface area contributed by atoms with Gasteiger partial charge in [0.05, 0.1) is 12.8 Å². The summed E-state index contributed by atoms with van der Waals surface area (Å²) in [5, 5.41) is 11.6. The minimum atomic E-state index is 0.443. The van der Waals surface area contributed by atoms with Crippen LogP contribution in [0.4, 0.5) is 0 Å². The van der Waals surface area contributed by atoms with E-state index >= 15 is 0 Å². The second-order valence-electron chi connectivity index (χ2n) is 5.66. The van der Waals surface area contributed by atoms with Crippen molar-refractivity contribution in [2.24, 2.45) is 5.10 Å². The number of benzene rings is 2. The monoisotopic (exact) mass is 352 g/mol. The maximum Gasteiger partial charge on any atom is 0.216 e. The van der Waals surface area contributed by atoms with Crippen LogP contribution in [0.1, 0.15) is 24.5 Å². The summed E-state index contributed by atoms with van der Waals surface area (Å²) in [5.74, 6) is 1.48. The second kappa shape index (κ2) is 7.90. The van der Waals surface area contributed by atoms with E-state index in [1.54, 1.807) is 10.9 Å². The number of hydrogen-bond donors (Lipinski definition) is 1. The van der Waals surface area contributed by atoms with E-state index in [1.807, 2.05) is 55.5 Å². The normalized spacial score (nSPS) is 11.1. The van der Waals surface area contributed by atoms with Gasteiger partial charge in [0.1, 0.15) is 5.75 Å². The lowest BCUT2D eigenvalue weighted by Crippen LogP contribution is -2.00. The fraction of sp³-hybridized carbons (Fsp3) is 0.211. The van der Waals surface area contributed by atoms with Gasteiger partial charge in [-0.3, -0.25) is 0 Å². The lowest BCUT2D eigenvalue weighted by Gasteiger charge is -2.07. The number of aromatic nitrogens is 3. The van der Waals surface area contributed by atoms with Gasteiger partial charge in [-0.25, -0.2) is 5.10 Å². The molecule has 0 fully saturated rings. The van der Waals surface area contributed by atoms with E-state index in [4.69, 9.17) is 17.0 Å². The van der Waals surface area contributed by atoms with Crippen molar-refractivity contribution in [3.05, 3.63) is 64.4 Å². The predicted octanol–water partition coefficient (Wildman–Crippen LogP) is 4.59. The van der Waals surface area contributed by atoms with Gasteiger partial charge in [0.2, 0.25) is 4.77 Å². The molecule has 0 bridgehead atoms. The Morgan fingerprint density at radius 3 is 2.72 bits per heavy atom. The third kappa shape index (κ3) is 4.03. The maximum absolute atomic E-state index is 5.76. The van der Waals surface area contributed by atoms with Crippen LogP contribution in [-0.4, -0.2) is 27.7 Å². The summed E-state index contributed by atoms with van der Waals surface area (Å²) in [6.45, 7) is 4.80. The Labute approximate surface area is 152 Å². The molecule has 0 amide bonds. The van der Waals surface area contributed by atoms with Crippen LogP contribution in [-0.2, 0) is 0 Å². The van der Waals surface area contributed by atoms with Crippen molar-refractivity contribution in [1.82, 2.24) is 14.9 Å². The van der Waals surface area contributed by atoms with Gasteiger partial charge in [0, 0.05) is 11.1 Å². The van der Waals surface area contributed by atoms with E-state index in [9.17, 15) is 0 Å². The number of nitrogens with one attached hydrogen (secondary N) is 1. The zero-order valence-corrected chi connectivity index (χ0v) is 15.1. The Morgan fingerprint density at radius 2 is 1.96 bits per heavy atom. The topological polar surface area (TPSA) is 55.2 Å². The number of aromatic amines is 1. The minimum absolute atomic E-state index is 0.443. The van der Waals surface area contributed by atoms with Crippen molar-refractivity contribution in [3.8, 4) is 17.1 Å². The molecule has 0 saturated heterocycles. The number of rotatable bonds is 6. The molecular weight excluding hydrogens is 332 g/mol. The number of nitrogens with zero attached hydrogens (tertiary/aromatic N) is 3. The summed E-state index contributed by atoms with van der Waals surface area (Å²) >= 11 is 5.32. The Morgan fingerprint density at radius 1 is 1.20 bits per heavy atom. The standard InChI is InChI=1S/C19H20N4OS/c1-3-12-24-17-7-5-4-6-16(17)13-20-23-18(21-22-19(23)25)15-10-8-14(2)9-11-15/h4-11,13H,3,12H2,1-2H3,(H,22,25). The highest BCUT2D eigenvalue weighted by atomic mass is 32.1. The van der Waals surface area contributed by atoms with E-state index in [0.717, 1.165) is 23.3 Å². The molecule has 1 N–H and O–H groups in total. The van der Waals surface area contributed by atoms with Gasteiger partial charge in [-0.2, -0.15) is 14.9 Å². The Bertz CT molecular complexity index is 925. The lowest BCUT2D eigenvalue weighted by atomic mass is 10.1. The van der Waals surface area contributed by atoms with Gasteiger partial charge in [-0.15, -0.1) is 0 Å². The van der Waals surface area contributed by atoms with Crippen LogP contribution in [0.3, 0.4) is 0 Å². The number of para-hydroxylation sites is 1. The van der Waals surface area contributed by atoms with Crippen molar-refractivity contribution in [3.63, 3.8) is 0 Å². The molecule has 0 spiro atoms. The average molecular weight is 352 g/mol. The molecule has 0 unspecified atom stereocenters. The molecule has 0 aliphatic carbocycles. The van der Waals surface area contributed by atoms with Crippen molar-refractivity contribution in [2.75, 3.05) is 6.61 Å². The molecule has 25 heavy (non-hydrogen) atoms. The molecule has 1 heterocycles. The summed E-state index contributed by atoms with van der Waals surface area (Å²) in [5.41, 5.74) is 3.04. The Balaban J connectivity index is 1.94. The van der Waals surface area contributed by atoms with Crippen molar-refractivity contribution in [1.29, 1.82) is 0 Å². The van der Waals surface area contributed by atoms with Crippen LogP contribution in [0, 0.1) is 11.7 Å². The SMILES string of the molecule is CCCOc1ccccc1C=Nn1c(-c2ccc(C)cc2)n[nH]c1=S. The highest BCUT2D eigenvalue weighted by molar-refractivity contribution is 7.71. The third-order valence-corrected chi connectivity index (χ3v) is 3.92. The van der Waals surface area contributed by atoms with E-state index in [0.29, 0.717) is 17.2 Å². The van der Waals surface area contributed by atoms with Crippen LogP contribution >= 0.6 is 12.2 Å². The molecule has 0 atom stereocenters. The Kier molecular flexibility index (Phi) is 5.40. The molecule has 0 aliphatic rings. The third-order valence-electron chi connectivity index (χ3n) is 3.65. The molecule has 0 radical (unpaired) electrons. The number of hydrogen-bond acceptors (Lipinski definition) is 4. The van der Waals surface area contributed by atoms with Gasteiger partial charge in [0.25, 0.3) is 0 Å². The summed E-state index contributed by atoms with van der Waals surface area (Å²) < 4.78 is 7.83. The quantitative estimate of drug-likeness (QED) is 0.521. The van der Waals surface area contributed by atoms with E-state index < -0.39 is 0 Å². The van der Waals surface area contributed by atoms with Gasteiger partial charge in [-0.1, -0.05) is 48.9 Å². The zero-order chi connectivity index (χ0) is 17.6. The highest BCUT2D eigenvalue weighted by Crippen LogP contribution is 2.19. The first kappa shape index (κ1) is 17.1. The van der Waals surface area contributed by atoms with E-state index in [2.05, 4.69) is 22.2 Å². The minimum Gasteiger partial charge on any atom is -0.493 e. The average Bonchev–Trinajstić information content (AvgIpc) is 3.00. The molecule has 5 nitrogen and oxygen atoms in total. The van der Waals surface area contributed by atoms with Crippen molar-refractivity contribution < 1.29 is 4.74 Å². The molecule has 6 heteroatoms. The summed E-state index contributed by atoms with van der Waals surface area (Å²) in [6.07, 6.45) is 2.70. The number of aryl methyl sites for hydroxylation is 1. The van der Waals surface area contributed by atoms with Crippen LogP contribution in [0.15, 0.2) is 53.6 Å². The van der Waals surface area contributed by atoms with Crippen molar-refractivity contribution in [2.45, 2.75) is 20.3 Å². The lowest BCUT2D eigenvalue weighted by molar-refractivity contribution is 0.317. The van der Waals surface area contributed by atoms with Crippen molar-refractivity contribution >= 4 is 18.4 Å². The molecule has 3 aromatic rings. The first-order valence-corrected chi connectivity index (χ1v) is 8.60. The summed E-state index contributed by atoms with van der Waals surface area (Å²) in [7, 11) is 0. The van der Waals surface area contributed by atoms with Gasteiger partial charge >= 0.3 is 0 Å². The van der Waals surface area contributed by atoms with E-state index in [-0.39, 0.29) is 0 Å². The summed E-state index contributed by atoms with van der Waals surface area (Å²) in [6, 6.07) is 15.9. The number of ether oxygens (including phenoxy) is 1. The van der Waals surface area contributed by atoms with Crippen LogP contribution in [0.2, 0.25) is 0 Å². The zero-order valence-electron chi connectivity index (χ0n) is 14.3. The summed E-state index contributed by atoms with van der Waals surface area (Å²) in [4.78, 5) is 0. The smallest absolute Gasteiger partial charge is 0.216 e. The predicted molar refractivity (Wildman–Crippen MR) is 103 cm³/mol. The van der Waals surface area contributed by atoms with E-state index in [1.165, 1.54) is 5.56 Å². The van der Waals surface area contributed by atoms with Crippen LogP contribution in [0.5, 0.6) is 5.75 Å². The molecular formula is C19H20N4OS. The maximum atomic E-state index is 5.76. The largest absolute Gasteiger partial charge is 0.493 e. The number of H-pyrrole nitrogens is 1.